The Morgan fingerprint density at radius 3 is 2.11 bits per heavy atom. The first-order valence-electron chi connectivity index (χ1n) is 5.08. The van der Waals surface area contributed by atoms with Crippen LogP contribution in [0.1, 0.15) is 10.4 Å². The number of aromatic carboxylic acids is 1. The molecule has 2 rings (SSSR count). The quantitative estimate of drug-likeness (QED) is 0.718. The van der Waals surface area contributed by atoms with Gasteiger partial charge >= 0.3 is 5.97 Å². The molecule has 0 atom stereocenters. The summed E-state index contributed by atoms with van der Waals surface area (Å²) in [7, 11) is 0. The van der Waals surface area contributed by atoms with Crippen LogP contribution in [0.15, 0.2) is 30.3 Å². The summed E-state index contributed by atoms with van der Waals surface area (Å²) in [4.78, 5) is 11.3. The predicted octanol–water partition coefficient (Wildman–Crippen LogP) is 5.67. The maximum Gasteiger partial charge on any atom is 0.337 e. The second kappa shape index (κ2) is 5.59. The molecule has 0 aliphatic carbocycles. The predicted molar refractivity (Wildman–Crippen MR) is 78.9 cm³/mol. The molecule has 0 saturated heterocycles. The number of benzene rings is 2. The van der Waals surface area contributed by atoms with Gasteiger partial charge in [0.25, 0.3) is 0 Å². The van der Waals surface area contributed by atoms with E-state index in [-0.39, 0.29) is 15.6 Å². The topological polar surface area (TPSA) is 37.3 Å². The molecule has 0 fully saturated rings. The van der Waals surface area contributed by atoms with E-state index in [9.17, 15) is 9.90 Å². The maximum absolute atomic E-state index is 11.3. The summed E-state index contributed by atoms with van der Waals surface area (Å²) in [6, 6.07) is 7.74. The summed E-state index contributed by atoms with van der Waals surface area (Å²) in [5.41, 5.74) is 0.837. The Labute approximate surface area is 129 Å². The molecule has 0 heterocycles. The lowest BCUT2D eigenvalue weighted by Gasteiger charge is -2.11. The standard InChI is InChI=1S/C13H6Cl4O2/c14-8-3-1-2-6(12(8)13(18)19)7-4-10(16)11(17)5-9(7)15/h1-5H,(H,18,19). The van der Waals surface area contributed by atoms with Crippen LogP contribution in [0.5, 0.6) is 0 Å². The van der Waals surface area contributed by atoms with Crippen LogP contribution in [0, 0.1) is 0 Å². The van der Waals surface area contributed by atoms with Gasteiger partial charge in [-0.05, 0) is 23.8 Å². The van der Waals surface area contributed by atoms with E-state index in [1.807, 2.05) is 0 Å². The van der Waals surface area contributed by atoms with Crippen LogP contribution in [0.25, 0.3) is 11.1 Å². The SMILES string of the molecule is O=C(O)c1c(Cl)cccc1-c1cc(Cl)c(Cl)cc1Cl. The van der Waals surface area contributed by atoms with E-state index >= 15 is 0 Å². The third-order valence-electron chi connectivity index (χ3n) is 2.53. The number of carbonyl (C=O) groups is 1. The third kappa shape index (κ3) is 2.82. The van der Waals surface area contributed by atoms with E-state index in [2.05, 4.69) is 0 Å². The van der Waals surface area contributed by atoms with Gasteiger partial charge in [0.2, 0.25) is 0 Å². The maximum atomic E-state index is 11.3. The van der Waals surface area contributed by atoms with Crippen molar-refractivity contribution in [3.05, 3.63) is 56.0 Å². The van der Waals surface area contributed by atoms with Gasteiger partial charge in [0, 0.05) is 5.56 Å². The molecule has 2 aromatic rings. The number of halogens is 4. The smallest absolute Gasteiger partial charge is 0.337 e. The molecule has 98 valence electrons. The Morgan fingerprint density at radius 1 is 0.842 bits per heavy atom. The minimum absolute atomic E-state index is 0.0237. The zero-order chi connectivity index (χ0) is 14.2. The van der Waals surface area contributed by atoms with Crippen molar-refractivity contribution < 1.29 is 9.90 Å². The molecule has 6 heteroatoms. The molecule has 0 saturated carbocycles. The van der Waals surface area contributed by atoms with Crippen molar-refractivity contribution in [3.63, 3.8) is 0 Å². The van der Waals surface area contributed by atoms with Gasteiger partial charge in [0.15, 0.2) is 0 Å². The molecule has 0 aromatic heterocycles. The van der Waals surface area contributed by atoms with E-state index in [0.29, 0.717) is 21.2 Å². The van der Waals surface area contributed by atoms with Crippen molar-refractivity contribution in [1.29, 1.82) is 0 Å². The highest BCUT2D eigenvalue weighted by atomic mass is 35.5. The monoisotopic (exact) mass is 334 g/mol. The van der Waals surface area contributed by atoms with Gasteiger partial charge in [-0.25, -0.2) is 4.79 Å². The molecular formula is C13H6Cl4O2. The molecule has 0 aliphatic rings. The van der Waals surface area contributed by atoms with Gasteiger partial charge in [-0.2, -0.15) is 0 Å². The third-order valence-corrected chi connectivity index (χ3v) is 3.88. The van der Waals surface area contributed by atoms with Crippen molar-refractivity contribution >= 4 is 52.4 Å². The van der Waals surface area contributed by atoms with E-state index < -0.39 is 5.97 Å². The summed E-state index contributed by atoms with van der Waals surface area (Å²) in [6.07, 6.45) is 0. The molecule has 0 radical (unpaired) electrons. The van der Waals surface area contributed by atoms with Crippen molar-refractivity contribution in [2.45, 2.75) is 0 Å². The van der Waals surface area contributed by atoms with Crippen LogP contribution in [0.2, 0.25) is 20.1 Å². The molecule has 0 bridgehead atoms. The van der Waals surface area contributed by atoms with Crippen LogP contribution in [-0.2, 0) is 0 Å². The summed E-state index contributed by atoms with van der Waals surface area (Å²) in [5, 5.41) is 10.3. The minimum Gasteiger partial charge on any atom is -0.478 e. The lowest BCUT2D eigenvalue weighted by atomic mass is 9.99. The number of hydrogen-bond donors (Lipinski definition) is 1. The van der Waals surface area contributed by atoms with E-state index in [4.69, 9.17) is 46.4 Å². The number of rotatable bonds is 2. The normalized spacial score (nSPS) is 10.5. The molecule has 0 unspecified atom stereocenters. The average molecular weight is 336 g/mol. The summed E-state index contributed by atoms with van der Waals surface area (Å²) in [5.74, 6) is -1.14. The van der Waals surface area contributed by atoms with Crippen LogP contribution in [0.3, 0.4) is 0 Å². The molecule has 2 aromatic carbocycles. The first-order chi connectivity index (χ1) is 8.91. The van der Waals surface area contributed by atoms with E-state index in [1.54, 1.807) is 12.1 Å². The lowest BCUT2D eigenvalue weighted by molar-refractivity contribution is 0.0698. The van der Waals surface area contributed by atoms with Gasteiger partial charge < -0.3 is 5.11 Å². The van der Waals surface area contributed by atoms with Crippen molar-refractivity contribution in [1.82, 2.24) is 0 Å². The Hall–Kier alpha value is -0.930. The average Bonchev–Trinajstić information content (AvgIpc) is 2.33. The second-order valence-electron chi connectivity index (χ2n) is 3.71. The second-order valence-corrected chi connectivity index (χ2v) is 5.34. The molecule has 0 spiro atoms. The van der Waals surface area contributed by atoms with Gasteiger partial charge in [-0.1, -0.05) is 58.5 Å². The fraction of sp³-hybridized carbons (Fsp3) is 0. The first kappa shape index (κ1) is 14.5. The molecular weight excluding hydrogens is 330 g/mol. The van der Waals surface area contributed by atoms with Gasteiger partial charge in [-0.3, -0.25) is 0 Å². The Morgan fingerprint density at radius 2 is 1.47 bits per heavy atom. The molecule has 0 amide bonds. The van der Waals surface area contributed by atoms with Crippen LogP contribution >= 0.6 is 46.4 Å². The summed E-state index contributed by atoms with van der Waals surface area (Å²) in [6.45, 7) is 0. The number of carboxylic acid groups (broad SMARTS) is 1. The van der Waals surface area contributed by atoms with Crippen LogP contribution in [0.4, 0.5) is 0 Å². The fourth-order valence-corrected chi connectivity index (χ4v) is 2.60. The van der Waals surface area contributed by atoms with Gasteiger partial charge in [0.1, 0.15) is 0 Å². The zero-order valence-electron chi connectivity index (χ0n) is 9.25. The van der Waals surface area contributed by atoms with Crippen molar-refractivity contribution in [3.8, 4) is 11.1 Å². The minimum atomic E-state index is -1.14. The van der Waals surface area contributed by atoms with Gasteiger partial charge in [0.05, 0.1) is 25.7 Å². The van der Waals surface area contributed by atoms with Crippen molar-refractivity contribution in [2.75, 3.05) is 0 Å². The number of hydrogen-bond acceptors (Lipinski definition) is 1. The molecule has 2 nitrogen and oxygen atoms in total. The molecule has 0 aliphatic heterocycles. The van der Waals surface area contributed by atoms with Crippen LogP contribution in [-0.4, -0.2) is 11.1 Å². The summed E-state index contributed by atoms with van der Waals surface area (Å²) < 4.78 is 0. The van der Waals surface area contributed by atoms with Crippen LogP contribution < -0.4 is 0 Å². The highest BCUT2D eigenvalue weighted by Gasteiger charge is 2.18. The number of carboxylic acids is 1. The van der Waals surface area contributed by atoms with Gasteiger partial charge in [-0.15, -0.1) is 0 Å². The summed E-state index contributed by atoms with van der Waals surface area (Å²) >= 11 is 23.8. The Bertz CT molecular complexity index is 668. The zero-order valence-corrected chi connectivity index (χ0v) is 12.3. The lowest BCUT2D eigenvalue weighted by Crippen LogP contribution is -2.01. The fourth-order valence-electron chi connectivity index (χ4n) is 1.69. The molecule has 19 heavy (non-hydrogen) atoms. The van der Waals surface area contributed by atoms with Crippen molar-refractivity contribution in [2.24, 2.45) is 0 Å². The highest BCUT2D eigenvalue weighted by Crippen LogP contribution is 2.38. The Kier molecular flexibility index (Phi) is 4.26. The molecule has 1 N–H and O–H groups in total. The van der Waals surface area contributed by atoms with E-state index in [1.165, 1.54) is 18.2 Å². The highest BCUT2D eigenvalue weighted by molar-refractivity contribution is 6.44. The first-order valence-corrected chi connectivity index (χ1v) is 6.59. The largest absolute Gasteiger partial charge is 0.478 e. The Balaban J connectivity index is 2.76. The van der Waals surface area contributed by atoms with E-state index in [0.717, 1.165) is 0 Å².